The van der Waals surface area contributed by atoms with Crippen molar-refractivity contribution in [3.63, 3.8) is 0 Å². The Morgan fingerprint density at radius 2 is 1.79 bits per heavy atom. The van der Waals surface area contributed by atoms with Gasteiger partial charge in [0.25, 0.3) is 0 Å². The second kappa shape index (κ2) is 6.75. The zero-order chi connectivity index (χ0) is 17.2. The lowest BCUT2D eigenvalue weighted by molar-refractivity contribution is 0.580. The molecule has 0 unspecified atom stereocenters. The summed E-state index contributed by atoms with van der Waals surface area (Å²) in [7, 11) is -1.54. The summed E-state index contributed by atoms with van der Waals surface area (Å²) < 4.78 is 29.3. The summed E-state index contributed by atoms with van der Waals surface area (Å²) in [5.74, 6) is 0.861. The number of fused-ring (bicyclic) bond motifs is 1. The molecular weight excluding hydrogens is 322 g/mol. The van der Waals surface area contributed by atoms with Crippen molar-refractivity contribution in [3.05, 3.63) is 59.9 Å². The van der Waals surface area contributed by atoms with E-state index < -0.39 is 10.0 Å². The average molecular weight is 343 g/mol. The summed E-state index contributed by atoms with van der Waals surface area (Å²) >= 11 is 0. The highest BCUT2D eigenvalue weighted by molar-refractivity contribution is 7.89. The number of aryl methyl sites for hydroxylation is 2. The fourth-order valence-electron chi connectivity index (χ4n) is 2.70. The second-order valence-corrected chi connectivity index (χ2v) is 7.49. The lowest BCUT2D eigenvalue weighted by atomic mass is 10.2. The maximum Gasteiger partial charge on any atom is 0.240 e. The van der Waals surface area contributed by atoms with Gasteiger partial charge in [-0.2, -0.15) is 0 Å². The fraction of sp³-hybridized carbons (Fsp3) is 0.278. The van der Waals surface area contributed by atoms with Crippen LogP contribution in [-0.4, -0.2) is 24.5 Å². The molecule has 0 bridgehead atoms. The first-order chi connectivity index (χ1) is 11.5. The fourth-order valence-corrected chi connectivity index (χ4v) is 3.74. The first-order valence-electron chi connectivity index (χ1n) is 8.00. The summed E-state index contributed by atoms with van der Waals surface area (Å²) in [6.45, 7) is 2.35. The minimum atomic E-state index is -3.49. The minimum absolute atomic E-state index is 0.296. The van der Waals surface area contributed by atoms with Gasteiger partial charge in [0.05, 0.1) is 15.9 Å². The lowest BCUT2D eigenvalue weighted by Gasteiger charge is -2.07. The van der Waals surface area contributed by atoms with Crippen LogP contribution < -0.4 is 4.72 Å². The Hall–Kier alpha value is -2.18. The van der Waals surface area contributed by atoms with Crippen molar-refractivity contribution in [2.45, 2.75) is 24.7 Å². The zero-order valence-electron chi connectivity index (χ0n) is 13.9. The molecule has 0 fully saturated rings. The van der Waals surface area contributed by atoms with Crippen molar-refractivity contribution in [2.75, 3.05) is 6.54 Å². The Balaban J connectivity index is 1.69. The molecule has 1 aromatic heterocycles. The normalized spacial score (nSPS) is 11.9. The monoisotopic (exact) mass is 343 g/mol. The van der Waals surface area contributed by atoms with E-state index in [2.05, 4.69) is 9.71 Å². The highest BCUT2D eigenvalue weighted by Crippen LogP contribution is 2.15. The number of hydrogen-bond donors (Lipinski definition) is 1. The Labute approximate surface area is 142 Å². The largest absolute Gasteiger partial charge is 0.331 e. The van der Waals surface area contributed by atoms with E-state index in [0.29, 0.717) is 17.9 Å². The third-order valence-electron chi connectivity index (χ3n) is 4.16. The van der Waals surface area contributed by atoms with Gasteiger partial charge in [0, 0.05) is 20.0 Å². The predicted molar refractivity (Wildman–Crippen MR) is 95.4 cm³/mol. The number of nitrogens with zero attached hydrogens (tertiary/aromatic N) is 2. The van der Waals surface area contributed by atoms with E-state index in [0.717, 1.165) is 28.8 Å². The highest BCUT2D eigenvalue weighted by atomic mass is 32.2. The van der Waals surface area contributed by atoms with Gasteiger partial charge in [0.2, 0.25) is 10.0 Å². The van der Waals surface area contributed by atoms with E-state index in [4.69, 9.17) is 0 Å². The molecule has 3 rings (SSSR count). The minimum Gasteiger partial charge on any atom is -0.331 e. The Morgan fingerprint density at radius 1 is 1.08 bits per heavy atom. The molecule has 0 aliphatic carbocycles. The van der Waals surface area contributed by atoms with Gasteiger partial charge in [-0.15, -0.1) is 0 Å². The first-order valence-corrected chi connectivity index (χ1v) is 9.48. The van der Waals surface area contributed by atoms with Gasteiger partial charge in [-0.1, -0.05) is 31.2 Å². The number of sulfonamides is 1. The van der Waals surface area contributed by atoms with Gasteiger partial charge in [-0.05, 0) is 36.2 Å². The van der Waals surface area contributed by atoms with Gasteiger partial charge in [-0.25, -0.2) is 18.1 Å². The average Bonchev–Trinajstić information content (AvgIpc) is 2.91. The van der Waals surface area contributed by atoms with E-state index in [9.17, 15) is 8.42 Å². The van der Waals surface area contributed by atoms with Crippen LogP contribution in [0.3, 0.4) is 0 Å². The van der Waals surface area contributed by atoms with Crippen molar-refractivity contribution in [3.8, 4) is 0 Å². The SMILES string of the molecule is CCc1ccc(S(=O)(=O)NCCc2nc3ccccc3n2C)cc1. The van der Waals surface area contributed by atoms with Gasteiger partial charge in [0.1, 0.15) is 5.82 Å². The van der Waals surface area contributed by atoms with Crippen LogP contribution >= 0.6 is 0 Å². The van der Waals surface area contributed by atoms with E-state index in [1.165, 1.54) is 0 Å². The molecule has 5 nitrogen and oxygen atoms in total. The van der Waals surface area contributed by atoms with Crippen molar-refractivity contribution in [1.82, 2.24) is 14.3 Å². The third kappa shape index (κ3) is 3.34. The maximum absolute atomic E-state index is 12.3. The number of benzene rings is 2. The molecule has 0 aliphatic heterocycles. The molecule has 0 saturated carbocycles. The molecule has 0 atom stereocenters. The molecule has 6 heteroatoms. The number of para-hydroxylation sites is 2. The molecule has 126 valence electrons. The van der Waals surface area contributed by atoms with Crippen LogP contribution in [0.5, 0.6) is 0 Å². The Bertz CT molecular complexity index is 944. The van der Waals surface area contributed by atoms with Gasteiger partial charge >= 0.3 is 0 Å². The van der Waals surface area contributed by atoms with E-state index in [1.807, 2.05) is 54.9 Å². The number of hydrogen-bond acceptors (Lipinski definition) is 3. The summed E-state index contributed by atoms with van der Waals surface area (Å²) in [5, 5.41) is 0. The topological polar surface area (TPSA) is 64.0 Å². The van der Waals surface area contributed by atoms with Crippen LogP contribution in [0.25, 0.3) is 11.0 Å². The van der Waals surface area contributed by atoms with E-state index >= 15 is 0 Å². The van der Waals surface area contributed by atoms with E-state index in [-0.39, 0.29) is 0 Å². The quantitative estimate of drug-likeness (QED) is 0.748. The molecule has 3 aromatic rings. The molecule has 0 spiro atoms. The molecule has 0 aliphatic rings. The van der Waals surface area contributed by atoms with Crippen LogP contribution in [0.4, 0.5) is 0 Å². The first kappa shape index (κ1) is 16.7. The van der Waals surface area contributed by atoms with Crippen LogP contribution in [0.2, 0.25) is 0 Å². The van der Waals surface area contributed by atoms with Crippen LogP contribution in [-0.2, 0) is 29.9 Å². The third-order valence-corrected chi connectivity index (χ3v) is 5.64. The summed E-state index contributed by atoms with van der Waals surface area (Å²) in [4.78, 5) is 4.85. The smallest absolute Gasteiger partial charge is 0.240 e. The standard InChI is InChI=1S/C18H21N3O2S/c1-3-14-8-10-15(11-9-14)24(22,23)19-13-12-18-20-16-6-4-5-7-17(16)21(18)2/h4-11,19H,3,12-13H2,1-2H3. The number of nitrogens with one attached hydrogen (secondary N) is 1. The van der Waals surface area contributed by atoms with E-state index in [1.54, 1.807) is 12.1 Å². The van der Waals surface area contributed by atoms with Crippen LogP contribution in [0, 0.1) is 0 Å². The molecule has 24 heavy (non-hydrogen) atoms. The Kier molecular flexibility index (Phi) is 4.69. The maximum atomic E-state index is 12.3. The van der Waals surface area contributed by atoms with Crippen LogP contribution in [0.1, 0.15) is 18.3 Å². The number of aromatic nitrogens is 2. The molecule has 0 radical (unpaired) electrons. The molecule has 1 heterocycles. The van der Waals surface area contributed by atoms with Crippen molar-refractivity contribution in [1.29, 1.82) is 0 Å². The predicted octanol–water partition coefficient (Wildman–Crippen LogP) is 2.66. The van der Waals surface area contributed by atoms with Gasteiger partial charge < -0.3 is 4.57 Å². The van der Waals surface area contributed by atoms with Crippen molar-refractivity contribution < 1.29 is 8.42 Å². The lowest BCUT2D eigenvalue weighted by Crippen LogP contribution is -2.26. The summed E-state index contributed by atoms with van der Waals surface area (Å²) in [6, 6.07) is 14.9. The van der Waals surface area contributed by atoms with Crippen molar-refractivity contribution >= 4 is 21.1 Å². The number of imidazole rings is 1. The van der Waals surface area contributed by atoms with Gasteiger partial charge in [-0.3, -0.25) is 0 Å². The molecule has 0 amide bonds. The molecule has 1 N–H and O–H groups in total. The van der Waals surface area contributed by atoms with Gasteiger partial charge in [0.15, 0.2) is 0 Å². The van der Waals surface area contributed by atoms with Crippen molar-refractivity contribution in [2.24, 2.45) is 7.05 Å². The van der Waals surface area contributed by atoms with Crippen LogP contribution in [0.15, 0.2) is 53.4 Å². The summed E-state index contributed by atoms with van der Waals surface area (Å²) in [6.07, 6.45) is 1.43. The molecule has 2 aromatic carbocycles. The number of rotatable bonds is 6. The zero-order valence-corrected chi connectivity index (χ0v) is 14.7. The second-order valence-electron chi connectivity index (χ2n) is 5.72. The Morgan fingerprint density at radius 3 is 2.46 bits per heavy atom. The highest BCUT2D eigenvalue weighted by Gasteiger charge is 2.14. The molecular formula is C18H21N3O2S. The summed E-state index contributed by atoms with van der Waals surface area (Å²) in [5.41, 5.74) is 3.09. The molecule has 0 saturated heterocycles.